The van der Waals surface area contributed by atoms with Crippen LogP contribution < -0.4 is 0 Å². The Bertz CT molecular complexity index is 1260. The van der Waals surface area contributed by atoms with E-state index in [2.05, 4.69) is 15.0 Å². The lowest BCUT2D eigenvalue weighted by molar-refractivity contribution is -0.166. The highest BCUT2D eigenvalue weighted by Gasteiger charge is 2.51. The topological polar surface area (TPSA) is 137 Å². The second-order valence-electron chi connectivity index (χ2n) is 7.68. The number of aromatic nitrogens is 5. The SMILES string of the molecule is CC(=O)OC[C@H]1O[C@@H](n2cnc3c(Cl)nc(-c4cccn4C)nc32)[C@H](OC(C)=O)[C@@H]1OC(C)=O. The molecule has 0 saturated carbocycles. The Morgan fingerprint density at radius 3 is 2.41 bits per heavy atom. The van der Waals surface area contributed by atoms with Crippen LogP contribution in [0.2, 0.25) is 5.15 Å². The molecule has 3 aromatic heterocycles. The number of carbonyl (C=O) groups is 3. The van der Waals surface area contributed by atoms with Crippen LogP contribution in [0.3, 0.4) is 0 Å². The van der Waals surface area contributed by atoms with Crippen LogP contribution in [0.5, 0.6) is 0 Å². The molecule has 0 unspecified atom stereocenters. The fourth-order valence-corrected chi connectivity index (χ4v) is 4.01. The van der Waals surface area contributed by atoms with Gasteiger partial charge in [-0.3, -0.25) is 19.0 Å². The average Bonchev–Trinajstić information content (AvgIpc) is 3.44. The van der Waals surface area contributed by atoms with Crippen molar-refractivity contribution in [1.82, 2.24) is 24.1 Å². The zero-order chi connectivity index (χ0) is 24.6. The van der Waals surface area contributed by atoms with Gasteiger partial charge in [-0.15, -0.1) is 0 Å². The third-order valence-electron chi connectivity index (χ3n) is 5.17. The van der Waals surface area contributed by atoms with E-state index in [0.29, 0.717) is 22.7 Å². The first-order chi connectivity index (χ1) is 16.2. The normalized spacial score (nSPS) is 22.0. The summed E-state index contributed by atoms with van der Waals surface area (Å²) in [6.45, 7) is 3.45. The highest BCUT2D eigenvalue weighted by atomic mass is 35.5. The minimum atomic E-state index is -1.08. The Morgan fingerprint density at radius 2 is 1.79 bits per heavy atom. The van der Waals surface area contributed by atoms with Crippen LogP contribution >= 0.6 is 11.6 Å². The lowest BCUT2D eigenvalue weighted by Gasteiger charge is -2.23. The second-order valence-corrected chi connectivity index (χ2v) is 8.04. The van der Waals surface area contributed by atoms with E-state index in [1.165, 1.54) is 31.7 Å². The van der Waals surface area contributed by atoms with Crippen LogP contribution in [-0.2, 0) is 40.4 Å². The molecule has 4 atom stereocenters. The van der Waals surface area contributed by atoms with Crippen molar-refractivity contribution in [2.45, 2.75) is 45.3 Å². The average molecular weight is 492 g/mol. The lowest BCUT2D eigenvalue weighted by atomic mass is 10.1. The maximum absolute atomic E-state index is 11.9. The number of ether oxygens (including phenoxy) is 4. The highest BCUT2D eigenvalue weighted by molar-refractivity contribution is 6.33. The molecule has 0 aliphatic carbocycles. The van der Waals surface area contributed by atoms with Gasteiger partial charge in [0.2, 0.25) is 0 Å². The van der Waals surface area contributed by atoms with E-state index in [1.54, 1.807) is 0 Å². The first kappa shape index (κ1) is 23.6. The number of carbonyl (C=O) groups excluding carboxylic acids is 3. The molecule has 0 N–H and O–H groups in total. The van der Waals surface area contributed by atoms with Crippen molar-refractivity contribution in [2.75, 3.05) is 6.61 Å². The largest absolute Gasteiger partial charge is 0.463 e. The van der Waals surface area contributed by atoms with Gasteiger partial charge in [0.15, 0.2) is 35.1 Å². The van der Waals surface area contributed by atoms with Crippen LogP contribution in [0.15, 0.2) is 24.7 Å². The molecule has 0 spiro atoms. The van der Waals surface area contributed by atoms with Gasteiger partial charge < -0.3 is 23.5 Å². The standard InChI is InChI=1S/C21H22ClN5O7/c1-10(28)31-8-14-16(32-11(2)29)17(33-12(3)30)21(34-14)27-9-23-15-18(22)24-19(25-20(15)27)13-6-5-7-26(13)4/h5-7,9,14,16-17,21H,8H2,1-4H3/t14-,16-,17-,21-/m1/s1. The summed E-state index contributed by atoms with van der Waals surface area (Å²) in [6, 6.07) is 3.67. The zero-order valence-electron chi connectivity index (χ0n) is 18.8. The van der Waals surface area contributed by atoms with Crippen molar-refractivity contribution in [3.05, 3.63) is 29.8 Å². The van der Waals surface area contributed by atoms with Gasteiger partial charge in [0.05, 0.1) is 12.0 Å². The van der Waals surface area contributed by atoms with Crippen LogP contribution in [0.1, 0.15) is 27.0 Å². The molecule has 4 heterocycles. The Hall–Kier alpha value is -3.51. The van der Waals surface area contributed by atoms with Crippen LogP contribution in [0.4, 0.5) is 0 Å². The summed E-state index contributed by atoms with van der Waals surface area (Å²) in [4.78, 5) is 48.3. The number of hydrogen-bond donors (Lipinski definition) is 0. The van der Waals surface area contributed by atoms with Crippen molar-refractivity contribution in [3.8, 4) is 11.5 Å². The Morgan fingerprint density at radius 1 is 1.09 bits per heavy atom. The number of nitrogens with zero attached hydrogens (tertiary/aromatic N) is 5. The lowest BCUT2D eigenvalue weighted by Crippen LogP contribution is -2.40. The fourth-order valence-electron chi connectivity index (χ4n) is 3.79. The molecule has 4 rings (SSSR count). The molecule has 3 aromatic rings. The van der Waals surface area contributed by atoms with Crippen LogP contribution in [0, 0.1) is 0 Å². The number of aryl methyl sites for hydroxylation is 1. The van der Waals surface area contributed by atoms with Gasteiger partial charge in [0, 0.05) is 34.0 Å². The molecule has 12 nitrogen and oxygen atoms in total. The Labute approximate surface area is 198 Å². The van der Waals surface area contributed by atoms with E-state index >= 15 is 0 Å². The van der Waals surface area contributed by atoms with Crippen molar-refractivity contribution < 1.29 is 33.3 Å². The highest BCUT2D eigenvalue weighted by Crippen LogP contribution is 2.37. The number of fused-ring (bicyclic) bond motifs is 1. The summed E-state index contributed by atoms with van der Waals surface area (Å²) in [7, 11) is 1.84. The first-order valence-corrected chi connectivity index (χ1v) is 10.7. The summed E-state index contributed by atoms with van der Waals surface area (Å²) in [5, 5.41) is 0.120. The van der Waals surface area contributed by atoms with E-state index in [0.717, 1.165) is 0 Å². The summed E-state index contributed by atoms with van der Waals surface area (Å²) >= 11 is 6.39. The molecular formula is C21H22ClN5O7. The summed E-state index contributed by atoms with van der Waals surface area (Å²) in [5.41, 5.74) is 1.33. The van der Waals surface area contributed by atoms with Gasteiger partial charge in [0.1, 0.15) is 18.2 Å². The predicted molar refractivity (Wildman–Crippen MR) is 116 cm³/mol. The minimum absolute atomic E-state index is 0.120. The van der Waals surface area contributed by atoms with E-state index in [1.807, 2.05) is 29.9 Å². The van der Waals surface area contributed by atoms with Gasteiger partial charge >= 0.3 is 17.9 Å². The fraction of sp³-hybridized carbons (Fsp3) is 0.429. The molecule has 0 radical (unpaired) electrons. The summed E-state index contributed by atoms with van der Waals surface area (Å²) in [6.07, 6.45) is -0.788. The molecule has 0 amide bonds. The Kier molecular flexibility index (Phi) is 6.53. The third-order valence-corrected chi connectivity index (χ3v) is 5.43. The van der Waals surface area contributed by atoms with E-state index in [-0.39, 0.29) is 11.8 Å². The number of esters is 3. The maximum atomic E-state index is 11.9. The monoisotopic (exact) mass is 491 g/mol. The quantitative estimate of drug-likeness (QED) is 0.285. The van der Waals surface area contributed by atoms with Gasteiger partial charge in [0.25, 0.3) is 0 Å². The molecular weight excluding hydrogens is 470 g/mol. The molecule has 180 valence electrons. The number of imidazole rings is 1. The van der Waals surface area contributed by atoms with Crippen molar-refractivity contribution in [2.24, 2.45) is 7.05 Å². The van der Waals surface area contributed by atoms with Gasteiger partial charge in [-0.05, 0) is 12.1 Å². The molecule has 1 aliphatic rings. The number of halogens is 1. The van der Waals surface area contributed by atoms with Gasteiger partial charge in [-0.1, -0.05) is 11.6 Å². The smallest absolute Gasteiger partial charge is 0.303 e. The van der Waals surface area contributed by atoms with Gasteiger partial charge in [-0.25, -0.2) is 15.0 Å². The third kappa shape index (κ3) is 4.59. The summed E-state index contributed by atoms with van der Waals surface area (Å²) in [5.74, 6) is -1.43. The van der Waals surface area contributed by atoms with Gasteiger partial charge in [-0.2, -0.15) is 0 Å². The predicted octanol–water partition coefficient (Wildman–Crippen LogP) is 1.81. The molecule has 34 heavy (non-hydrogen) atoms. The molecule has 13 heteroatoms. The van der Waals surface area contributed by atoms with Crippen LogP contribution in [0.25, 0.3) is 22.7 Å². The van der Waals surface area contributed by atoms with E-state index < -0.39 is 42.4 Å². The molecule has 1 saturated heterocycles. The number of hydrogen-bond acceptors (Lipinski definition) is 10. The summed E-state index contributed by atoms with van der Waals surface area (Å²) < 4.78 is 25.4. The molecule has 0 aromatic carbocycles. The second kappa shape index (κ2) is 9.39. The molecule has 1 aliphatic heterocycles. The number of rotatable bonds is 6. The maximum Gasteiger partial charge on any atom is 0.303 e. The first-order valence-electron chi connectivity index (χ1n) is 10.3. The molecule has 0 bridgehead atoms. The van der Waals surface area contributed by atoms with Crippen molar-refractivity contribution in [1.29, 1.82) is 0 Å². The minimum Gasteiger partial charge on any atom is -0.463 e. The zero-order valence-corrected chi connectivity index (χ0v) is 19.6. The van der Waals surface area contributed by atoms with E-state index in [9.17, 15) is 14.4 Å². The van der Waals surface area contributed by atoms with Crippen molar-refractivity contribution >= 4 is 40.7 Å². The Balaban J connectivity index is 1.80. The van der Waals surface area contributed by atoms with Crippen molar-refractivity contribution in [3.63, 3.8) is 0 Å². The van der Waals surface area contributed by atoms with Crippen LogP contribution in [-0.4, -0.2) is 66.9 Å². The molecule has 1 fully saturated rings. The van der Waals surface area contributed by atoms with E-state index in [4.69, 9.17) is 30.5 Å².